The molecule has 314 valence electrons. The van der Waals surface area contributed by atoms with Gasteiger partial charge in [0.05, 0.1) is 34.5 Å². The van der Waals surface area contributed by atoms with E-state index in [1.54, 1.807) is 4.90 Å². The van der Waals surface area contributed by atoms with E-state index in [0.29, 0.717) is 11.4 Å². The second-order valence-electron chi connectivity index (χ2n) is 16.3. The van der Waals surface area contributed by atoms with E-state index in [0.717, 1.165) is 60.9 Å². The van der Waals surface area contributed by atoms with Gasteiger partial charge in [-0.15, -0.1) is 0 Å². The fourth-order valence-corrected chi connectivity index (χ4v) is 9.28. The SMILES string of the molecule is [2H]c1c([2H])c(N(c2ccc(-c3ccccc3-n3c4ccccc4c4ccccc43)cc2)c2cc(-c3ccccc3)cc(-c3ccccc3)c2)c([2H])c([2H])c1-c1c([2H])c([2H])c([2H])c2c1oc1c3c([2H])c([2H])c([2H])c([2H])c3c([2H])c([2H])c12. The Morgan fingerprint density at radius 3 is 1.64 bits per heavy atom. The van der Waals surface area contributed by atoms with Crippen molar-refractivity contribution in [1.82, 2.24) is 4.57 Å². The standard InChI is InChI=1S/C64H42N2O/c1-3-16-43(17-4-1)48-40-49(44-18-5-2-6-19-44)42-52(41-48)65(51-37-32-47(33-38-51)55-25-15-26-58-59-39-34-45-20-7-8-22-54(45)64(59)67-63(55)58)50-35-30-46(31-36-50)53-21-9-12-27-60(53)66-61-28-13-10-23-56(61)57-24-11-14-29-62(57)66/h1-42H/i7D,8D,15D,20D,22D,25D,26D,32D,33D,34D,37D,38D,39D. The first-order valence-corrected chi connectivity index (χ1v) is 21.9. The maximum atomic E-state index is 10.0. The molecular weight excluding hydrogens is 813 g/mol. The van der Waals surface area contributed by atoms with Crippen molar-refractivity contribution >= 4 is 71.6 Å². The van der Waals surface area contributed by atoms with Gasteiger partial charge in [0.15, 0.2) is 0 Å². The van der Waals surface area contributed by atoms with Gasteiger partial charge in [-0.25, -0.2) is 0 Å². The first-order valence-electron chi connectivity index (χ1n) is 28.4. The third-order valence-electron chi connectivity index (χ3n) is 12.4. The monoisotopic (exact) mass is 867 g/mol. The van der Waals surface area contributed by atoms with Crippen LogP contribution in [0.2, 0.25) is 0 Å². The summed E-state index contributed by atoms with van der Waals surface area (Å²) in [4.78, 5) is 1.69. The lowest BCUT2D eigenvalue weighted by atomic mass is 9.97. The zero-order chi connectivity index (χ0) is 55.6. The normalized spacial score (nSPS) is 14.3. The predicted molar refractivity (Wildman–Crippen MR) is 282 cm³/mol. The maximum absolute atomic E-state index is 10.0. The molecule has 0 spiro atoms. The van der Waals surface area contributed by atoms with Crippen molar-refractivity contribution in [2.45, 2.75) is 0 Å². The largest absolute Gasteiger partial charge is 0.455 e. The molecule has 0 fully saturated rings. The van der Waals surface area contributed by atoms with E-state index >= 15 is 0 Å². The first-order chi connectivity index (χ1) is 38.7. The Labute approximate surface area is 406 Å². The molecule has 67 heavy (non-hydrogen) atoms. The summed E-state index contributed by atoms with van der Waals surface area (Å²) in [5.74, 6) is 0. The number of fused-ring (bicyclic) bond motifs is 8. The minimum Gasteiger partial charge on any atom is -0.455 e. The van der Waals surface area contributed by atoms with Crippen molar-refractivity contribution in [1.29, 1.82) is 0 Å². The van der Waals surface area contributed by atoms with Gasteiger partial charge in [-0.1, -0.05) is 188 Å². The molecule has 0 saturated carbocycles. The van der Waals surface area contributed by atoms with Crippen LogP contribution in [0.15, 0.2) is 259 Å². The number of anilines is 3. The van der Waals surface area contributed by atoms with Gasteiger partial charge in [-0.2, -0.15) is 0 Å². The van der Waals surface area contributed by atoms with Gasteiger partial charge < -0.3 is 13.9 Å². The third kappa shape index (κ3) is 6.59. The van der Waals surface area contributed by atoms with Crippen LogP contribution in [0.3, 0.4) is 0 Å². The second kappa shape index (κ2) is 16.0. The van der Waals surface area contributed by atoms with Gasteiger partial charge in [0.1, 0.15) is 11.2 Å². The van der Waals surface area contributed by atoms with Crippen molar-refractivity contribution in [3.63, 3.8) is 0 Å². The summed E-state index contributed by atoms with van der Waals surface area (Å²) < 4.78 is 128. The van der Waals surface area contributed by atoms with Crippen LogP contribution in [0.5, 0.6) is 0 Å². The molecule has 13 rings (SSSR count). The molecule has 2 heterocycles. The van der Waals surface area contributed by atoms with E-state index in [9.17, 15) is 6.85 Å². The van der Waals surface area contributed by atoms with Gasteiger partial charge in [0.2, 0.25) is 0 Å². The van der Waals surface area contributed by atoms with Gasteiger partial charge >= 0.3 is 0 Å². The average molecular weight is 868 g/mol. The van der Waals surface area contributed by atoms with Crippen LogP contribution in [0.25, 0.3) is 105 Å². The molecule has 13 aromatic rings. The number of hydrogen-bond donors (Lipinski definition) is 0. The number of nitrogens with zero attached hydrogens (tertiary/aromatic N) is 2. The van der Waals surface area contributed by atoms with Crippen LogP contribution in [-0.4, -0.2) is 4.57 Å². The average Bonchev–Trinajstić information content (AvgIpc) is 4.26. The lowest BCUT2D eigenvalue weighted by molar-refractivity contribution is 0.674. The van der Waals surface area contributed by atoms with Crippen LogP contribution in [0, 0.1) is 0 Å². The summed E-state index contributed by atoms with van der Waals surface area (Å²) in [6.45, 7) is 0. The van der Waals surface area contributed by atoms with Crippen molar-refractivity contribution in [3.8, 4) is 50.2 Å². The summed E-state index contributed by atoms with van der Waals surface area (Å²) in [5, 5.41) is 1.19. The van der Waals surface area contributed by atoms with E-state index in [4.69, 9.17) is 15.4 Å². The highest BCUT2D eigenvalue weighted by Gasteiger charge is 2.20. The molecule has 0 aliphatic heterocycles. The molecule has 0 amide bonds. The summed E-state index contributed by atoms with van der Waals surface area (Å²) in [7, 11) is 0. The van der Waals surface area contributed by atoms with E-state index in [1.165, 1.54) is 0 Å². The molecule has 0 saturated heterocycles. The predicted octanol–water partition coefficient (Wildman–Crippen LogP) is 18.0. The minimum atomic E-state index is -0.690. The fourth-order valence-electron chi connectivity index (χ4n) is 9.28. The van der Waals surface area contributed by atoms with Gasteiger partial charge in [0, 0.05) is 55.1 Å². The Morgan fingerprint density at radius 1 is 0.343 bits per heavy atom. The molecule has 2 aromatic heterocycles. The highest BCUT2D eigenvalue weighted by Crippen LogP contribution is 2.44. The molecule has 0 unspecified atom stereocenters. The highest BCUT2D eigenvalue weighted by atomic mass is 16.3. The smallest absolute Gasteiger partial charge is 0.143 e. The van der Waals surface area contributed by atoms with Gasteiger partial charge in [-0.3, -0.25) is 0 Å². The number of aromatic nitrogens is 1. The molecule has 0 aliphatic carbocycles. The van der Waals surface area contributed by atoms with E-state index < -0.39 is 89.7 Å². The molecule has 0 N–H and O–H groups in total. The molecule has 0 bridgehead atoms. The Bertz CT molecular complexity index is 4610. The fraction of sp³-hybridized carbons (Fsp3) is 0. The highest BCUT2D eigenvalue weighted by molar-refractivity contribution is 6.17. The summed E-state index contributed by atoms with van der Waals surface area (Å²) in [6.07, 6.45) is 0. The molecule has 0 radical (unpaired) electrons. The number of rotatable bonds is 8. The Morgan fingerprint density at radius 2 is 0.940 bits per heavy atom. The summed E-state index contributed by atoms with van der Waals surface area (Å²) in [6, 6.07) is 50.1. The minimum absolute atomic E-state index is 0.142. The van der Waals surface area contributed by atoms with Crippen molar-refractivity contribution in [2.24, 2.45) is 0 Å². The summed E-state index contributed by atoms with van der Waals surface area (Å²) >= 11 is 0. The van der Waals surface area contributed by atoms with Crippen molar-refractivity contribution < 1.29 is 22.2 Å². The third-order valence-corrected chi connectivity index (χ3v) is 12.4. The van der Waals surface area contributed by atoms with E-state index in [2.05, 4.69) is 47.0 Å². The van der Waals surface area contributed by atoms with Crippen LogP contribution < -0.4 is 4.90 Å². The second-order valence-corrected chi connectivity index (χ2v) is 16.3. The van der Waals surface area contributed by atoms with E-state index in [1.807, 2.05) is 133 Å². The molecule has 3 nitrogen and oxygen atoms in total. The Kier molecular flexibility index (Phi) is 6.53. The zero-order valence-electron chi connectivity index (χ0n) is 48.5. The van der Waals surface area contributed by atoms with Gasteiger partial charge in [0.25, 0.3) is 0 Å². The Balaban J connectivity index is 1.06. The van der Waals surface area contributed by atoms with Gasteiger partial charge in [-0.05, 0) is 105 Å². The molecule has 3 heteroatoms. The molecule has 0 aliphatic rings. The quantitative estimate of drug-likeness (QED) is 0.152. The van der Waals surface area contributed by atoms with Crippen LogP contribution in [0.4, 0.5) is 17.1 Å². The molecular formula is C64H42N2O. The van der Waals surface area contributed by atoms with Crippen LogP contribution in [-0.2, 0) is 0 Å². The molecule has 11 aromatic carbocycles. The number of hydrogen-bond acceptors (Lipinski definition) is 2. The summed E-state index contributed by atoms with van der Waals surface area (Å²) in [5.41, 5.74) is 7.55. The van der Waals surface area contributed by atoms with Crippen molar-refractivity contribution in [2.75, 3.05) is 4.90 Å². The number of para-hydroxylation sites is 4. The van der Waals surface area contributed by atoms with Crippen LogP contribution >= 0.6 is 0 Å². The lowest BCUT2D eigenvalue weighted by Gasteiger charge is -2.27. The van der Waals surface area contributed by atoms with Crippen molar-refractivity contribution in [3.05, 3.63) is 254 Å². The zero-order valence-corrected chi connectivity index (χ0v) is 35.5. The first kappa shape index (κ1) is 27.4. The lowest BCUT2D eigenvalue weighted by Crippen LogP contribution is -2.10. The number of furan rings is 1. The Hall–Kier alpha value is -8.92. The number of benzene rings is 11. The van der Waals surface area contributed by atoms with Crippen LogP contribution in [0.1, 0.15) is 17.8 Å². The molecule has 0 atom stereocenters. The van der Waals surface area contributed by atoms with E-state index in [-0.39, 0.29) is 38.4 Å². The topological polar surface area (TPSA) is 21.3 Å². The maximum Gasteiger partial charge on any atom is 0.143 e.